The lowest BCUT2D eigenvalue weighted by molar-refractivity contribution is 0.982. The maximum atomic E-state index is 2.54. The Hall–Kier alpha value is -5.20. The van der Waals surface area contributed by atoms with Crippen molar-refractivity contribution in [3.05, 3.63) is 191 Å². The minimum Gasteiger partial charge on any atom is -0.0622 e. The fourth-order valence-electron chi connectivity index (χ4n) is 7.53. The average molecular weight is 533 g/mol. The van der Waals surface area contributed by atoms with Gasteiger partial charge in [-0.3, -0.25) is 0 Å². The van der Waals surface area contributed by atoms with Gasteiger partial charge in [0.15, 0.2) is 0 Å². The third-order valence-electron chi connectivity index (χ3n) is 9.40. The fraction of sp³-hybridized carbons (Fsp3) is 0.0476. The summed E-state index contributed by atoms with van der Waals surface area (Å²) in [4.78, 5) is 0. The smallest absolute Gasteiger partial charge is 0.0352 e. The van der Waals surface area contributed by atoms with E-state index in [0.717, 1.165) is 0 Å². The van der Waals surface area contributed by atoms with Crippen LogP contribution < -0.4 is 0 Å². The van der Waals surface area contributed by atoms with Crippen molar-refractivity contribution in [1.29, 1.82) is 0 Å². The molecule has 0 saturated carbocycles. The summed E-state index contributed by atoms with van der Waals surface area (Å²) in [6.07, 6.45) is 0. The van der Waals surface area contributed by atoms with Crippen LogP contribution in [0.4, 0.5) is 0 Å². The molecular formula is C42H28. The van der Waals surface area contributed by atoms with Crippen molar-refractivity contribution in [3.8, 4) is 33.4 Å². The van der Waals surface area contributed by atoms with Gasteiger partial charge in [0.1, 0.15) is 0 Å². The highest BCUT2D eigenvalue weighted by Gasteiger charge is 2.36. The first-order chi connectivity index (χ1) is 20.8. The number of rotatable bonds is 3. The van der Waals surface area contributed by atoms with Crippen LogP contribution in [-0.4, -0.2) is 0 Å². The van der Waals surface area contributed by atoms with Crippen LogP contribution >= 0.6 is 0 Å². The third-order valence-corrected chi connectivity index (χ3v) is 9.40. The van der Waals surface area contributed by atoms with Crippen molar-refractivity contribution in [2.24, 2.45) is 0 Å². The van der Waals surface area contributed by atoms with Gasteiger partial charge in [0, 0.05) is 11.8 Å². The van der Waals surface area contributed by atoms with E-state index in [1.807, 2.05) is 0 Å². The molecule has 7 aromatic carbocycles. The van der Waals surface area contributed by atoms with E-state index < -0.39 is 0 Å². The summed E-state index contributed by atoms with van der Waals surface area (Å²) in [6, 6.07) is 58.7. The second kappa shape index (κ2) is 9.16. The van der Waals surface area contributed by atoms with E-state index in [9.17, 15) is 0 Å². The lowest BCUT2D eigenvalue weighted by atomic mass is 9.84. The molecule has 2 atom stereocenters. The molecule has 0 N–H and O–H groups in total. The van der Waals surface area contributed by atoms with E-state index in [0.29, 0.717) is 0 Å². The SMILES string of the molecule is c1ccc(C2c3ccccc3-c3cc4c(cc32)C(c2cccc(-c3ccc5ccccc5c3)c2)c2ccccc2-4)cc1. The second-order valence-electron chi connectivity index (χ2n) is 11.7. The first kappa shape index (κ1) is 23.5. The summed E-state index contributed by atoms with van der Waals surface area (Å²) in [5.41, 5.74) is 16.3. The largest absolute Gasteiger partial charge is 0.0622 e. The highest BCUT2D eigenvalue weighted by molar-refractivity contribution is 5.91. The third kappa shape index (κ3) is 3.49. The maximum absolute atomic E-state index is 2.54. The molecule has 2 unspecified atom stereocenters. The van der Waals surface area contributed by atoms with Crippen molar-refractivity contribution in [2.45, 2.75) is 11.8 Å². The maximum Gasteiger partial charge on any atom is 0.0352 e. The highest BCUT2D eigenvalue weighted by atomic mass is 14.4. The van der Waals surface area contributed by atoms with Crippen LogP contribution in [0.3, 0.4) is 0 Å². The average Bonchev–Trinajstić information content (AvgIpc) is 3.56. The van der Waals surface area contributed by atoms with Crippen LogP contribution in [0.5, 0.6) is 0 Å². The van der Waals surface area contributed by atoms with Crippen LogP contribution in [0.1, 0.15) is 45.2 Å². The molecule has 0 nitrogen and oxygen atoms in total. The molecule has 0 heterocycles. The number of benzene rings is 7. The van der Waals surface area contributed by atoms with Gasteiger partial charge in [-0.25, -0.2) is 0 Å². The lowest BCUT2D eigenvalue weighted by Crippen LogP contribution is -2.03. The highest BCUT2D eigenvalue weighted by Crippen LogP contribution is 2.55. The number of hydrogen-bond donors (Lipinski definition) is 0. The molecular weight excluding hydrogens is 504 g/mol. The predicted octanol–water partition coefficient (Wildman–Crippen LogP) is 10.8. The Morgan fingerprint density at radius 2 is 0.857 bits per heavy atom. The van der Waals surface area contributed by atoms with Gasteiger partial charge in [0.05, 0.1) is 0 Å². The fourth-order valence-corrected chi connectivity index (χ4v) is 7.53. The molecule has 0 aromatic heterocycles. The van der Waals surface area contributed by atoms with Crippen LogP contribution in [0.25, 0.3) is 44.2 Å². The first-order valence-corrected chi connectivity index (χ1v) is 14.8. The van der Waals surface area contributed by atoms with Gasteiger partial charge in [-0.15, -0.1) is 0 Å². The van der Waals surface area contributed by atoms with Crippen LogP contribution in [0.2, 0.25) is 0 Å². The van der Waals surface area contributed by atoms with E-state index >= 15 is 0 Å². The molecule has 0 amide bonds. The van der Waals surface area contributed by atoms with Gasteiger partial charge in [-0.05, 0) is 89.7 Å². The number of fused-ring (bicyclic) bond motifs is 7. The quantitative estimate of drug-likeness (QED) is 0.212. The minimum atomic E-state index is 0.196. The lowest BCUT2D eigenvalue weighted by Gasteiger charge is -2.19. The molecule has 0 aliphatic heterocycles. The molecule has 0 radical (unpaired) electrons. The summed E-state index contributed by atoms with van der Waals surface area (Å²) >= 11 is 0. The zero-order valence-corrected chi connectivity index (χ0v) is 23.2. The van der Waals surface area contributed by atoms with Crippen molar-refractivity contribution in [3.63, 3.8) is 0 Å². The second-order valence-corrected chi connectivity index (χ2v) is 11.7. The Labute approximate surface area is 246 Å². The summed E-state index contributed by atoms with van der Waals surface area (Å²) < 4.78 is 0. The van der Waals surface area contributed by atoms with E-state index in [2.05, 4.69) is 158 Å². The molecule has 0 spiro atoms. The van der Waals surface area contributed by atoms with E-state index in [1.54, 1.807) is 0 Å². The molecule has 0 bridgehead atoms. The Balaban J connectivity index is 1.24. The van der Waals surface area contributed by atoms with E-state index in [4.69, 9.17) is 0 Å². The summed E-state index contributed by atoms with van der Waals surface area (Å²) in [6.45, 7) is 0. The Bertz CT molecular complexity index is 2150. The van der Waals surface area contributed by atoms with Crippen LogP contribution in [0.15, 0.2) is 158 Å². The monoisotopic (exact) mass is 532 g/mol. The van der Waals surface area contributed by atoms with Crippen LogP contribution in [-0.2, 0) is 0 Å². The van der Waals surface area contributed by atoms with Gasteiger partial charge in [-0.1, -0.05) is 146 Å². The van der Waals surface area contributed by atoms with Gasteiger partial charge in [-0.2, -0.15) is 0 Å². The van der Waals surface area contributed by atoms with Crippen molar-refractivity contribution in [2.75, 3.05) is 0 Å². The Kier molecular flexibility index (Phi) is 5.12. The summed E-state index contributed by atoms with van der Waals surface area (Å²) in [7, 11) is 0. The van der Waals surface area contributed by atoms with E-state index in [1.165, 1.54) is 77.5 Å². The van der Waals surface area contributed by atoms with Gasteiger partial charge < -0.3 is 0 Å². The topological polar surface area (TPSA) is 0 Å². The molecule has 2 aliphatic rings. The zero-order chi connectivity index (χ0) is 27.6. The summed E-state index contributed by atoms with van der Waals surface area (Å²) in [5.74, 6) is 0.443. The molecule has 0 saturated heterocycles. The normalized spacial score (nSPS) is 16.1. The van der Waals surface area contributed by atoms with Gasteiger partial charge >= 0.3 is 0 Å². The van der Waals surface area contributed by atoms with E-state index in [-0.39, 0.29) is 11.8 Å². The molecule has 2 aliphatic carbocycles. The van der Waals surface area contributed by atoms with Gasteiger partial charge in [0.2, 0.25) is 0 Å². The molecule has 196 valence electrons. The minimum absolute atomic E-state index is 0.196. The zero-order valence-electron chi connectivity index (χ0n) is 23.2. The Morgan fingerprint density at radius 1 is 0.286 bits per heavy atom. The molecule has 7 aromatic rings. The Morgan fingerprint density at radius 3 is 1.60 bits per heavy atom. The molecule has 9 rings (SSSR count). The molecule has 0 heteroatoms. The van der Waals surface area contributed by atoms with Crippen molar-refractivity contribution in [1.82, 2.24) is 0 Å². The first-order valence-electron chi connectivity index (χ1n) is 14.8. The summed E-state index contributed by atoms with van der Waals surface area (Å²) in [5, 5.41) is 2.55. The number of hydrogen-bond acceptors (Lipinski definition) is 0. The molecule has 42 heavy (non-hydrogen) atoms. The van der Waals surface area contributed by atoms with Gasteiger partial charge in [0.25, 0.3) is 0 Å². The predicted molar refractivity (Wildman–Crippen MR) is 175 cm³/mol. The van der Waals surface area contributed by atoms with Crippen molar-refractivity contribution >= 4 is 10.8 Å². The standard InChI is InChI=1S/C42H28/c1-2-12-28(13-3-1)41-35-19-8-6-17-33(35)37-25-38-34-18-7-9-20-36(34)42(40(38)26-39(37)41)32-16-10-15-30(24-32)31-22-21-27-11-4-5-14-29(27)23-31/h1-26,41-42H. The molecule has 0 fully saturated rings. The van der Waals surface area contributed by atoms with Crippen molar-refractivity contribution < 1.29 is 0 Å². The van der Waals surface area contributed by atoms with Crippen LogP contribution in [0, 0.1) is 0 Å².